The molecule has 0 bridgehead atoms. The van der Waals surface area contributed by atoms with E-state index in [4.69, 9.17) is 11.6 Å². The van der Waals surface area contributed by atoms with E-state index >= 15 is 0 Å². The first-order chi connectivity index (χ1) is 8.27. The van der Waals surface area contributed by atoms with Crippen molar-refractivity contribution in [2.75, 3.05) is 23.8 Å². The van der Waals surface area contributed by atoms with Crippen LogP contribution in [0.25, 0.3) is 0 Å². The smallest absolute Gasteiger partial charge is 0.121 e. The van der Waals surface area contributed by atoms with E-state index in [9.17, 15) is 5.11 Å². The number of thioether (sulfide) groups is 2. The highest BCUT2D eigenvalue weighted by molar-refractivity contribution is 8.06. The average molecular weight is 290 g/mol. The number of aromatic hydroxyl groups is 1. The second kappa shape index (κ2) is 6.78. The van der Waals surface area contributed by atoms with Gasteiger partial charge in [0.25, 0.3) is 0 Å². The van der Waals surface area contributed by atoms with Gasteiger partial charge in [-0.05, 0) is 12.1 Å². The van der Waals surface area contributed by atoms with Crippen molar-refractivity contribution in [2.24, 2.45) is 0 Å². The Morgan fingerprint density at radius 3 is 3.00 bits per heavy atom. The maximum atomic E-state index is 9.69. The molecule has 1 atom stereocenters. The highest BCUT2D eigenvalue weighted by Crippen LogP contribution is 2.26. The fourth-order valence-corrected chi connectivity index (χ4v) is 4.62. The first kappa shape index (κ1) is 13.4. The molecule has 0 radical (unpaired) electrons. The molecule has 0 amide bonds. The second-order valence-electron chi connectivity index (χ2n) is 3.94. The van der Waals surface area contributed by atoms with Crippen molar-refractivity contribution >= 4 is 35.1 Å². The monoisotopic (exact) mass is 289 g/mol. The third-order valence-corrected chi connectivity index (χ3v) is 5.85. The van der Waals surface area contributed by atoms with Gasteiger partial charge in [-0.25, -0.2) is 0 Å². The molecule has 0 spiro atoms. The largest absolute Gasteiger partial charge is 0.508 e. The summed E-state index contributed by atoms with van der Waals surface area (Å²) < 4.78 is 0. The van der Waals surface area contributed by atoms with Crippen molar-refractivity contribution in [3.63, 3.8) is 0 Å². The van der Waals surface area contributed by atoms with Gasteiger partial charge in [0.15, 0.2) is 0 Å². The van der Waals surface area contributed by atoms with Crippen LogP contribution in [0.15, 0.2) is 18.2 Å². The van der Waals surface area contributed by atoms with Crippen LogP contribution in [0.1, 0.15) is 5.56 Å². The molecule has 1 saturated heterocycles. The van der Waals surface area contributed by atoms with Gasteiger partial charge in [-0.2, -0.15) is 23.5 Å². The van der Waals surface area contributed by atoms with E-state index in [1.165, 1.54) is 17.3 Å². The lowest BCUT2D eigenvalue weighted by molar-refractivity contribution is 0.464. The van der Waals surface area contributed by atoms with E-state index in [1.807, 2.05) is 29.6 Å². The normalized spacial score (nSPS) is 20.4. The summed E-state index contributed by atoms with van der Waals surface area (Å²) >= 11 is 10.1. The fourth-order valence-electron chi connectivity index (χ4n) is 1.73. The molecule has 1 aliphatic rings. The molecule has 2 nitrogen and oxygen atoms in total. The van der Waals surface area contributed by atoms with Crippen molar-refractivity contribution in [1.82, 2.24) is 5.32 Å². The van der Waals surface area contributed by atoms with Crippen LogP contribution in [0, 0.1) is 0 Å². The molecule has 1 aromatic rings. The van der Waals surface area contributed by atoms with Crippen molar-refractivity contribution in [1.29, 1.82) is 0 Å². The zero-order valence-corrected chi connectivity index (χ0v) is 11.9. The molecule has 1 unspecified atom stereocenters. The first-order valence-corrected chi connectivity index (χ1v) is 8.22. The van der Waals surface area contributed by atoms with Crippen LogP contribution in [0.5, 0.6) is 5.75 Å². The van der Waals surface area contributed by atoms with Crippen LogP contribution in [-0.2, 0) is 6.54 Å². The minimum absolute atomic E-state index is 0.274. The van der Waals surface area contributed by atoms with Gasteiger partial charge < -0.3 is 10.4 Å². The number of rotatable bonds is 4. The van der Waals surface area contributed by atoms with Crippen molar-refractivity contribution in [3.8, 4) is 5.75 Å². The van der Waals surface area contributed by atoms with Gasteiger partial charge in [0.2, 0.25) is 0 Å². The predicted octanol–water partition coefficient (Wildman–Crippen LogP) is 2.98. The summed E-state index contributed by atoms with van der Waals surface area (Å²) in [7, 11) is 0. The topological polar surface area (TPSA) is 32.3 Å². The lowest BCUT2D eigenvalue weighted by Gasteiger charge is -2.21. The molecule has 1 fully saturated rings. The molecule has 0 aliphatic carbocycles. The third kappa shape index (κ3) is 3.98. The number of hydrogen-bond donors (Lipinski definition) is 2. The number of halogens is 1. The Balaban J connectivity index is 1.81. The summed E-state index contributed by atoms with van der Waals surface area (Å²) in [5.74, 6) is 4.00. The Kier molecular flexibility index (Phi) is 5.35. The van der Waals surface area contributed by atoms with Crippen LogP contribution in [0.2, 0.25) is 5.02 Å². The Hall–Kier alpha value is -0.0300. The van der Waals surface area contributed by atoms with Gasteiger partial charge >= 0.3 is 0 Å². The van der Waals surface area contributed by atoms with Crippen molar-refractivity contribution in [2.45, 2.75) is 11.8 Å². The van der Waals surface area contributed by atoms with Gasteiger partial charge in [-0.15, -0.1) is 0 Å². The molecule has 1 aromatic carbocycles. The van der Waals surface area contributed by atoms with E-state index in [-0.39, 0.29) is 5.75 Å². The second-order valence-corrected chi connectivity index (χ2v) is 6.90. The minimum atomic E-state index is 0.274. The van der Waals surface area contributed by atoms with Gasteiger partial charge in [-0.3, -0.25) is 0 Å². The van der Waals surface area contributed by atoms with Crippen LogP contribution in [0.4, 0.5) is 0 Å². The molecular weight excluding hydrogens is 274 g/mol. The number of nitrogens with one attached hydrogen (secondary N) is 1. The molecule has 2 N–H and O–H groups in total. The van der Waals surface area contributed by atoms with E-state index in [0.717, 1.165) is 12.1 Å². The van der Waals surface area contributed by atoms with Crippen molar-refractivity contribution < 1.29 is 5.11 Å². The highest BCUT2D eigenvalue weighted by atomic mass is 35.5. The molecule has 94 valence electrons. The molecule has 0 aromatic heterocycles. The van der Waals surface area contributed by atoms with E-state index < -0.39 is 0 Å². The van der Waals surface area contributed by atoms with Gasteiger partial charge in [0.1, 0.15) is 5.75 Å². The Morgan fingerprint density at radius 2 is 2.29 bits per heavy atom. The van der Waals surface area contributed by atoms with Gasteiger partial charge in [0.05, 0.1) is 0 Å². The van der Waals surface area contributed by atoms with Crippen LogP contribution in [-0.4, -0.2) is 34.2 Å². The molecular formula is C12H16ClNOS2. The zero-order chi connectivity index (χ0) is 12.1. The Labute approximate surface area is 116 Å². The maximum Gasteiger partial charge on any atom is 0.121 e. The fraction of sp³-hybridized carbons (Fsp3) is 0.500. The van der Waals surface area contributed by atoms with Crippen LogP contribution < -0.4 is 5.32 Å². The standard InChI is InChI=1S/C12H16ClNOS2/c13-11-2-1-3-12(15)10(11)7-14-6-9-8-16-4-5-17-9/h1-3,9,14-15H,4-8H2. The number of benzene rings is 1. The molecule has 2 rings (SSSR count). The minimum Gasteiger partial charge on any atom is -0.508 e. The summed E-state index contributed by atoms with van der Waals surface area (Å²) in [6.45, 7) is 1.61. The Morgan fingerprint density at radius 1 is 1.41 bits per heavy atom. The molecule has 1 heterocycles. The summed E-state index contributed by atoms with van der Waals surface area (Å²) in [6.07, 6.45) is 0. The van der Waals surface area contributed by atoms with Crippen LogP contribution >= 0.6 is 35.1 Å². The quantitative estimate of drug-likeness (QED) is 0.893. The third-order valence-electron chi connectivity index (χ3n) is 2.65. The summed E-state index contributed by atoms with van der Waals surface area (Å²) in [4.78, 5) is 0. The summed E-state index contributed by atoms with van der Waals surface area (Å²) in [6, 6.07) is 5.24. The molecule has 1 aliphatic heterocycles. The summed E-state index contributed by atoms with van der Waals surface area (Å²) in [5.41, 5.74) is 0.794. The van der Waals surface area contributed by atoms with E-state index in [0.29, 0.717) is 16.8 Å². The average Bonchev–Trinajstić information content (AvgIpc) is 2.34. The maximum absolute atomic E-state index is 9.69. The predicted molar refractivity (Wildman–Crippen MR) is 78.4 cm³/mol. The SMILES string of the molecule is Oc1cccc(Cl)c1CNCC1CSCCS1. The van der Waals surface area contributed by atoms with E-state index in [2.05, 4.69) is 5.32 Å². The number of phenols is 1. The molecule has 17 heavy (non-hydrogen) atoms. The summed E-state index contributed by atoms with van der Waals surface area (Å²) in [5, 5.41) is 14.4. The molecule has 0 saturated carbocycles. The highest BCUT2D eigenvalue weighted by Gasteiger charge is 2.14. The Bertz CT molecular complexity index is 349. The van der Waals surface area contributed by atoms with Crippen molar-refractivity contribution in [3.05, 3.63) is 28.8 Å². The molecule has 5 heteroatoms. The lowest BCUT2D eigenvalue weighted by atomic mass is 10.2. The zero-order valence-electron chi connectivity index (χ0n) is 9.49. The first-order valence-electron chi connectivity index (χ1n) is 5.64. The number of hydrogen-bond acceptors (Lipinski definition) is 4. The lowest BCUT2D eigenvalue weighted by Crippen LogP contribution is -2.28. The van der Waals surface area contributed by atoms with Gasteiger partial charge in [0, 0.05) is 46.2 Å². The van der Waals surface area contributed by atoms with E-state index in [1.54, 1.807) is 12.1 Å². The number of phenolic OH excluding ortho intramolecular Hbond substituents is 1. The van der Waals surface area contributed by atoms with Crippen LogP contribution in [0.3, 0.4) is 0 Å². The van der Waals surface area contributed by atoms with Gasteiger partial charge in [-0.1, -0.05) is 17.7 Å².